The van der Waals surface area contributed by atoms with E-state index in [1.54, 1.807) is 0 Å². The molecule has 2 amide bonds. The molecule has 1 aromatic heterocycles. The van der Waals surface area contributed by atoms with Crippen LogP contribution in [0.15, 0.2) is 24.5 Å². The van der Waals surface area contributed by atoms with E-state index < -0.39 is 9.84 Å². The van der Waals surface area contributed by atoms with Crippen molar-refractivity contribution in [3.63, 3.8) is 0 Å². The predicted molar refractivity (Wildman–Crippen MR) is 105 cm³/mol. The lowest BCUT2D eigenvalue weighted by Gasteiger charge is -2.27. The maximum atomic E-state index is 12.9. The van der Waals surface area contributed by atoms with Crippen molar-refractivity contribution in [2.75, 3.05) is 31.1 Å². The van der Waals surface area contributed by atoms with Crippen LogP contribution in [0.5, 0.6) is 0 Å². The third-order valence-electron chi connectivity index (χ3n) is 7.21. The third-order valence-corrected chi connectivity index (χ3v) is 9.04. The van der Waals surface area contributed by atoms with Gasteiger partial charge in [0.15, 0.2) is 9.84 Å². The summed E-state index contributed by atoms with van der Waals surface area (Å²) in [6, 6.07) is 4.85. The van der Waals surface area contributed by atoms with Gasteiger partial charge in [0.25, 0.3) is 0 Å². The fourth-order valence-electron chi connectivity index (χ4n) is 5.99. The summed E-state index contributed by atoms with van der Waals surface area (Å²) in [5.74, 6) is 1.69. The molecule has 1 aromatic rings. The van der Waals surface area contributed by atoms with E-state index >= 15 is 0 Å². The predicted octanol–water partition coefficient (Wildman–Crippen LogP) is 1.12. The molecule has 5 heterocycles. The Kier molecular flexibility index (Phi) is 4.58. The standard InChI is InChI=1S/C20H28N4O3S/c25-20(22-9-15-5-8-28(26,27)13-15)24-18-1-2-19(24)17-12-23(11-16(17)18)10-14-3-6-21-7-4-14/h3-4,6-7,15-19H,1-2,5,8-13H2,(H,22,25)/t15?,16-,17+,18-,19+. The van der Waals surface area contributed by atoms with Crippen molar-refractivity contribution in [3.05, 3.63) is 30.1 Å². The van der Waals surface area contributed by atoms with Crippen LogP contribution in [-0.4, -0.2) is 72.5 Å². The molecule has 7 nitrogen and oxygen atoms in total. The molecule has 2 bridgehead atoms. The van der Waals surface area contributed by atoms with Crippen LogP contribution in [0.1, 0.15) is 24.8 Å². The second kappa shape index (κ2) is 6.99. The van der Waals surface area contributed by atoms with Crippen LogP contribution in [0.4, 0.5) is 4.79 Å². The summed E-state index contributed by atoms with van der Waals surface area (Å²) >= 11 is 0. The maximum absolute atomic E-state index is 12.9. The minimum absolute atomic E-state index is 0.0203. The summed E-state index contributed by atoms with van der Waals surface area (Å²) in [7, 11) is -2.89. The zero-order valence-electron chi connectivity index (χ0n) is 16.0. The first-order chi connectivity index (χ1) is 13.5. The molecule has 0 saturated carbocycles. The Hall–Kier alpha value is -1.67. The van der Waals surface area contributed by atoms with Crippen molar-refractivity contribution in [1.82, 2.24) is 20.1 Å². The van der Waals surface area contributed by atoms with E-state index in [0.717, 1.165) is 32.5 Å². The van der Waals surface area contributed by atoms with Crippen LogP contribution in [0.25, 0.3) is 0 Å². The van der Waals surface area contributed by atoms with Crippen molar-refractivity contribution in [2.24, 2.45) is 17.8 Å². The van der Waals surface area contributed by atoms with Gasteiger partial charge in [-0.1, -0.05) is 0 Å². The molecule has 4 aliphatic heterocycles. The quantitative estimate of drug-likeness (QED) is 0.813. The smallest absolute Gasteiger partial charge is 0.317 e. The molecule has 4 saturated heterocycles. The third kappa shape index (κ3) is 3.30. The number of carbonyl (C=O) groups is 1. The lowest BCUT2D eigenvalue weighted by molar-refractivity contribution is 0.173. The molecular weight excluding hydrogens is 376 g/mol. The van der Waals surface area contributed by atoms with Crippen LogP contribution in [0.2, 0.25) is 0 Å². The van der Waals surface area contributed by atoms with Crippen LogP contribution in [0.3, 0.4) is 0 Å². The average Bonchev–Trinajstić information content (AvgIpc) is 3.40. The number of amides is 2. The number of likely N-dealkylation sites (tertiary alicyclic amines) is 1. The molecule has 0 aromatic carbocycles. The zero-order valence-corrected chi connectivity index (χ0v) is 16.9. The fourth-order valence-corrected chi connectivity index (χ4v) is 7.86. The average molecular weight is 405 g/mol. The molecule has 1 unspecified atom stereocenters. The Morgan fingerprint density at radius 1 is 1.11 bits per heavy atom. The molecule has 8 heteroatoms. The number of hydrogen-bond acceptors (Lipinski definition) is 5. The van der Waals surface area contributed by atoms with Crippen LogP contribution in [0, 0.1) is 17.8 Å². The highest BCUT2D eigenvalue weighted by Crippen LogP contribution is 2.49. The Balaban J connectivity index is 1.18. The number of aromatic nitrogens is 1. The summed E-state index contributed by atoms with van der Waals surface area (Å²) in [5, 5.41) is 3.05. The van der Waals surface area contributed by atoms with Gasteiger partial charge in [0.05, 0.1) is 11.5 Å². The van der Waals surface area contributed by atoms with Gasteiger partial charge in [0.2, 0.25) is 0 Å². The lowest BCUT2D eigenvalue weighted by Crippen LogP contribution is -2.46. The van der Waals surface area contributed by atoms with Gasteiger partial charge in [-0.05, 0) is 54.7 Å². The molecule has 1 N–H and O–H groups in total. The fraction of sp³-hybridized carbons (Fsp3) is 0.700. The molecule has 5 atom stereocenters. The summed E-state index contributed by atoms with van der Waals surface area (Å²) in [6.45, 7) is 3.55. The van der Waals surface area contributed by atoms with Gasteiger partial charge in [-0.2, -0.15) is 0 Å². The second-order valence-electron chi connectivity index (χ2n) is 8.95. The van der Waals surface area contributed by atoms with Gasteiger partial charge >= 0.3 is 6.03 Å². The number of hydrogen-bond donors (Lipinski definition) is 1. The summed E-state index contributed by atoms with van der Waals surface area (Å²) < 4.78 is 23.2. The highest BCUT2D eigenvalue weighted by atomic mass is 32.2. The maximum Gasteiger partial charge on any atom is 0.317 e. The van der Waals surface area contributed by atoms with Gasteiger partial charge in [-0.3, -0.25) is 9.88 Å². The van der Waals surface area contributed by atoms with E-state index in [-0.39, 0.29) is 23.5 Å². The number of pyridine rings is 1. The monoisotopic (exact) mass is 404 g/mol. The topological polar surface area (TPSA) is 82.6 Å². The van der Waals surface area contributed by atoms with Crippen LogP contribution in [-0.2, 0) is 16.4 Å². The number of rotatable bonds is 4. The van der Waals surface area contributed by atoms with Crippen molar-refractivity contribution in [2.45, 2.75) is 37.9 Å². The van der Waals surface area contributed by atoms with Gasteiger partial charge < -0.3 is 10.2 Å². The Morgan fingerprint density at radius 2 is 1.79 bits per heavy atom. The molecule has 0 spiro atoms. The number of carbonyl (C=O) groups excluding carboxylic acids is 1. The first kappa shape index (κ1) is 18.4. The number of fused-ring (bicyclic) bond motifs is 5. The highest BCUT2D eigenvalue weighted by molar-refractivity contribution is 7.91. The molecule has 152 valence electrons. The van der Waals surface area contributed by atoms with Crippen molar-refractivity contribution in [1.29, 1.82) is 0 Å². The normalized spacial score (nSPS) is 36.0. The van der Waals surface area contributed by atoms with E-state index in [1.807, 2.05) is 12.4 Å². The van der Waals surface area contributed by atoms with Crippen LogP contribution < -0.4 is 5.32 Å². The van der Waals surface area contributed by atoms with E-state index in [1.165, 1.54) is 5.56 Å². The highest BCUT2D eigenvalue weighted by Gasteiger charge is 2.57. The Bertz CT molecular complexity index is 826. The summed E-state index contributed by atoms with van der Waals surface area (Å²) in [6.07, 6.45) is 6.56. The van der Waals surface area contributed by atoms with E-state index in [4.69, 9.17) is 0 Å². The van der Waals surface area contributed by atoms with E-state index in [0.29, 0.717) is 36.9 Å². The van der Waals surface area contributed by atoms with Crippen LogP contribution >= 0.6 is 0 Å². The van der Waals surface area contributed by atoms with Gasteiger partial charge in [-0.15, -0.1) is 0 Å². The molecule has 4 aliphatic rings. The largest absolute Gasteiger partial charge is 0.338 e. The molecule has 28 heavy (non-hydrogen) atoms. The van der Waals surface area contributed by atoms with Gasteiger partial charge in [-0.25, -0.2) is 13.2 Å². The minimum Gasteiger partial charge on any atom is -0.338 e. The number of nitrogens with zero attached hydrogens (tertiary/aromatic N) is 3. The summed E-state index contributed by atoms with van der Waals surface area (Å²) in [4.78, 5) is 21.6. The Morgan fingerprint density at radius 3 is 2.39 bits per heavy atom. The first-order valence-corrected chi connectivity index (χ1v) is 12.2. The van der Waals surface area contributed by atoms with Crippen molar-refractivity contribution < 1.29 is 13.2 Å². The molecule has 0 aliphatic carbocycles. The van der Waals surface area contributed by atoms with Gasteiger partial charge in [0.1, 0.15) is 0 Å². The minimum atomic E-state index is -2.89. The first-order valence-electron chi connectivity index (χ1n) is 10.4. The second-order valence-corrected chi connectivity index (χ2v) is 11.2. The molecule has 5 rings (SSSR count). The van der Waals surface area contributed by atoms with E-state index in [2.05, 4.69) is 32.2 Å². The van der Waals surface area contributed by atoms with Gasteiger partial charge in [0, 0.05) is 50.7 Å². The molecule has 4 fully saturated rings. The number of nitrogens with one attached hydrogen (secondary N) is 1. The zero-order chi connectivity index (χ0) is 19.3. The lowest BCUT2D eigenvalue weighted by atomic mass is 9.82. The number of sulfone groups is 1. The molecule has 0 radical (unpaired) electrons. The Labute approximate surface area is 166 Å². The molecular formula is C20H28N4O3S. The van der Waals surface area contributed by atoms with E-state index in [9.17, 15) is 13.2 Å². The number of urea groups is 1. The van der Waals surface area contributed by atoms with Crippen molar-refractivity contribution in [3.8, 4) is 0 Å². The van der Waals surface area contributed by atoms with Crippen molar-refractivity contribution >= 4 is 15.9 Å². The summed E-state index contributed by atoms with van der Waals surface area (Å²) in [5.41, 5.74) is 1.29. The SMILES string of the molecule is O=C(NCC1CCS(=O)(=O)C1)N1[C@@H]2CC[C@H]1[C@H]1CN(Cc3ccncc3)C[C@H]12.